The van der Waals surface area contributed by atoms with Crippen LogP contribution in [0, 0.1) is 6.92 Å². The number of aryl methyl sites for hydroxylation is 2. The van der Waals surface area contributed by atoms with Gasteiger partial charge in [-0.05, 0) is 63.5 Å². The van der Waals surface area contributed by atoms with E-state index in [-0.39, 0.29) is 0 Å². The van der Waals surface area contributed by atoms with Gasteiger partial charge in [0.15, 0.2) is 6.20 Å². The molecule has 2 heteroatoms. The molecule has 0 spiro atoms. The summed E-state index contributed by atoms with van der Waals surface area (Å²) in [6.07, 6.45) is 2.06. The van der Waals surface area contributed by atoms with Crippen LogP contribution in [0.25, 0.3) is 55.4 Å². The van der Waals surface area contributed by atoms with Crippen LogP contribution in [-0.2, 0) is 7.05 Å². The molecule has 0 unspecified atom stereocenters. The Balaban J connectivity index is 1.66. The summed E-state index contributed by atoms with van der Waals surface area (Å²) in [5, 5.41) is 2.15. The first kappa shape index (κ1) is 24.4. The van der Waals surface area contributed by atoms with Crippen LogP contribution in [0.15, 0.2) is 95.5 Å². The van der Waals surface area contributed by atoms with Crippen molar-refractivity contribution in [2.75, 3.05) is 0 Å². The van der Waals surface area contributed by atoms with Crippen LogP contribution < -0.4 is 4.57 Å². The molecule has 0 aliphatic carbocycles. The quantitative estimate of drug-likeness (QED) is 0.187. The molecule has 4 aromatic carbocycles. The molecule has 2 heterocycles. The lowest BCUT2D eigenvalue weighted by atomic mass is 9.81. The number of pyridine rings is 1. The first-order valence-electron chi connectivity index (χ1n) is 16.3. The molecule has 0 aliphatic rings. The highest BCUT2D eigenvalue weighted by atomic mass is 16.3. The van der Waals surface area contributed by atoms with E-state index in [0.717, 1.165) is 77.7 Å². The van der Waals surface area contributed by atoms with E-state index in [2.05, 4.69) is 72.3 Å². The van der Waals surface area contributed by atoms with Gasteiger partial charge in [0.2, 0.25) is 5.69 Å². The fourth-order valence-electron chi connectivity index (χ4n) is 6.13. The fourth-order valence-corrected chi connectivity index (χ4v) is 6.13. The van der Waals surface area contributed by atoms with E-state index in [1.807, 2.05) is 78.9 Å². The number of benzene rings is 4. The SMILES string of the molecule is [2H]C(C)(C)c1cc(C([2H])(C)C)c(-c2cc[n+](C)c(-c3c(C)ccc4c3oc3c(-c5ccccc5)cccc34)c2)c(C([2H])(C)C)c1. The fraction of sp³-hybridized carbons (Fsp3) is 0.275. The highest BCUT2D eigenvalue weighted by Crippen LogP contribution is 2.43. The summed E-state index contributed by atoms with van der Waals surface area (Å²) in [7, 11) is 2.05. The Hall–Kier alpha value is -4.17. The van der Waals surface area contributed by atoms with E-state index in [1.165, 1.54) is 0 Å². The van der Waals surface area contributed by atoms with Crippen molar-refractivity contribution in [3.8, 4) is 33.5 Å². The van der Waals surface area contributed by atoms with Gasteiger partial charge in [-0.1, -0.05) is 114 Å². The third kappa shape index (κ3) is 4.73. The Morgan fingerprint density at radius 1 is 0.643 bits per heavy atom. The largest absolute Gasteiger partial charge is 0.454 e. The Morgan fingerprint density at radius 2 is 1.31 bits per heavy atom. The van der Waals surface area contributed by atoms with Crippen LogP contribution in [0.4, 0.5) is 0 Å². The van der Waals surface area contributed by atoms with Crippen molar-refractivity contribution in [2.24, 2.45) is 7.05 Å². The van der Waals surface area contributed by atoms with Gasteiger partial charge in [0.25, 0.3) is 0 Å². The van der Waals surface area contributed by atoms with Gasteiger partial charge in [-0.3, -0.25) is 0 Å². The molecule has 0 amide bonds. The molecular weight excluding hydrogens is 510 g/mol. The van der Waals surface area contributed by atoms with Gasteiger partial charge in [0.05, 0.1) is 5.56 Å². The molecule has 0 N–H and O–H groups in total. The van der Waals surface area contributed by atoms with Gasteiger partial charge in [0, 0.05) is 32.6 Å². The van der Waals surface area contributed by atoms with Gasteiger partial charge < -0.3 is 4.42 Å². The van der Waals surface area contributed by atoms with E-state index in [1.54, 1.807) is 0 Å². The first-order valence-corrected chi connectivity index (χ1v) is 14.8. The minimum Gasteiger partial charge on any atom is -0.454 e. The summed E-state index contributed by atoms with van der Waals surface area (Å²) in [6, 6.07) is 29.3. The van der Waals surface area contributed by atoms with Crippen molar-refractivity contribution in [2.45, 2.75) is 66.1 Å². The second-order valence-corrected chi connectivity index (χ2v) is 12.1. The van der Waals surface area contributed by atoms with Gasteiger partial charge in [-0.15, -0.1) is 0 Å². The van der Waals surface area contributed by atoms with E-state index in [4.69, 9.17) is 5.79 Å². The zero-order valence-corrected chi connectivity index (χ0v) is 26.0. The van der Waals surface area contributed by atoms with Gasteiger partial charge >= 0.3 is 0 Å². The topological polar surface area (TPSA) is 17.0 Å². The molecule has 6 rings (SSSR count). The summed E-state index contributed by atoms with van der Waals surface area (Å²) in [4.78, 5) is 0. The van der Waals surface area contributed by atoms with Gasteiger partial charge in [0.1, 0.15) is 18.2 Å². The van der Waals surface area contributed by atoms with Crippen LogP contribution >= 0.6 is 0 Å². The Morgan fingerprint density at radius 3 is 1.95 bits per heavy atom. The van der Waals surface area contributed by atoms with Crippen molar-refractivity contribution in [1.82, 2.24) is 0 Å². The molecule has 2 aromatic heterocycles. The zero-order chi connectivity index (χ0) is 32.5. The van der Waals surface area contributed by atoms with Crippen molar-refractivity contribution in [1.29, 1.82) is 0 Å². The summed E-state index contributed by atoms with van der Waals surface area (Å²) in [6.45, 7) is 13.4. The lowest BCUT2D eigenvalue weighted by Gasteiger charge is -2.23. The zero-order valence-electron chi connectivity index (χ0n) is 29.0. The number of para-hydroxylation sites is 1. The van der Waals surface area contributed by atoms with Crippen LogP contribution in [0.2, 0.25) is 0 Å². The van der Waals surface area contributed by atoms with Crippen LogP contribution in [0.5, 0.6) is 0 Å². The third-order valence-corrected chi connectivity index (χ3v) is 8.45. The highest BCUT2D eigenvalue weighted by Gasteiger charge is 2.25. The number of hydrogen-bond donors (Lipinski definition) is 0. The number of nitrogens with zero attached hydrogens (tertiary/aromatic N) is 1. The van der Waals surface area contributed by atoms with Crippen LogP contribution in [-0.4, -0.2) is 0 Å². The summed E-state index contributed by atoms with van der Waals surface area (Å²) < 4.78 is 36.1. The molecule has 6 aromatic rings. The predicted molar refractivity (Wildman–Crippen MR) is 178 cm³/mol. The van der Waals surface area contributed by atoms with E-state index < -0.39 is 17.7 Å². The maximum absolute atomic E-state index is 9.18. The molecule has 212 valence electrons. The number of fused-ring (bicyclic) bond motifs is 3. The molecule has 0 atom stereocenters. The van der Waals surface area contributed by atoms with Crippen molar-refractivity contribution >= 4 is 21.9 Å². The normalized spacial score (nSPS) is 13.8. The highest BCUT2D eigenvalue weighted by molar-refractivity contribution is 6.13. The number of furan rings is 1. The number of aromatic nitrogens is 1. The summed E-state index contributed by atoms with van der Waals surface area (Å²) >= 11 is 0. The van der Waals surface area contributed by atoms with Crippen molar-refractivity contribution in [3.05, 3.63) is 113 Å². The third-order valence-electron chi connectivity index (χ3n) is 8.45. The van der Waals surface area contributed by atoms with E-state index in [9.17, 15) is 2.74 Å². The second-order valence-electron chi connectivity index (χ2n) is 12.1. The van der Waals surface area contributed by atoms with Crippen molar-refractivity contribution in [3.63, 3.8) is 0 Å². The maximum Gasteiger partial charge on any atom is 0.216 e. The minimum absolute atomic E-state index is 0.815. The second kappa shape index (κ2) is 10.9. The molecule has 42 heavy (non-hydrogen) atoms. The number of rotatable bonds is 6. The first-order chi connectivity index (χ1) is 21.1. The molecule has 0 fully saturated rings. The molecule has 0 saturated heterocycles. The summed E-state index contributed by atoms with van der Waals surface area (Å²) in [5.41, 5.74) is 11.3. The lowest BCUT2D eigenvalue weighted by Crippen LogP contribution is -2.30. The standard InChI is InChI=1S/C40H42NO/c1-24(2)30-21-34(25(3)4)38(35(22-30)26(5)6)29-19-20-41(8)36(23-29)37-27(7)17-18-33-32-16-12-15-31(39(32)42-40(33)37)28-13-10-9-11-14-28/h9-26H,1-8H3/q+1/i24D,25D,26D. The Labute approximate surface area is 254 Å². The minimum atomic E-state index is -0.947. The van der Waals surface area contributed by atoms with Crippen LogP contribution in [0.3, 0.4) is 0 Å². The predicted octanol–water partition coefficient (Wildman–Crippen LogP) is 11.1. The van der Waals surface area contributed by atoms with Crippen molar-refractivity contribution < 1.29 is 13.1 Å². The average molecular weight is 556 g/mol. The number of hydrogen-bond acceptors (Lipinski definition) is 1. The smallest absolute Gasteiger partial charge is 0.216 e. The maximum atomic E-state index is 9.18. The molecule has 0 aliphatic heterocycles. The average Bonchev–Trinajstić information content (AvgIpc) is 3.35. The Bertz CT molecular complexity index is 2040. The van der Waals surface area contributed by atoms with Gasteiger partial charge in [-0.2, -0.15) is 0 Å². The summed E-state index contributed by atoms with van der Waals surface area (Å²) in [5.74, 6) is -2.76. The lowest BCUT2D eigenvalue weighted by molar-refractivity contribution is -0.660. The Kier molecular flexibility index (Phi) is 6.35. The molecule has 2 nitrogen and oxygen atoms in total. The van der Waals surface area contributed by atoms with E-state index in [0.29, 0.717) is 0 Å². The molecule has 0 bridgehead atoms. The molecule has 0 saturated carbocycles. The van der Waals surface area contributed by atoms with Crippen LogP contribution in [0.1, 0.15) is 85.6 Å². The van der Waals surface area contributed by atoms with Gasteiger partial charge in [-0.25, -0.2) is 4.57 Å². The monoisotopic (exact) mass is 555 g/mol. The molecular formula is C40H42NO+. The molecule has 0 radical (unpaired) electrons. The van der Waals surface area contributed by atoms with E-state index >= 15 is 0 Å².